The molecule has 2 rings (SSSR count). The van der Waals surface area contributed by atoms with E-state index in [2.05, 4.69) is 29.3 Å². The topological polar surface area (TPSA) is 50.2 Å². The van der Waals surface area contributed by atoms with Gasteiger partial charge >= 0.3 is 5.97 Å². The van der Waals surface area contributed by atoms with Gasteiger partial charge in [0.1, 0.15) is 4.34 Å². The number of aliphatic carboxylic acids is 1. The van der Waals surface area contributed by atoms with E-state index in [9.17, 15) is 4.79 Å². The number of thioether (sulfide) groups is 1. The third kappa shape index (κ3) is 4.89. The molecule has 0 saturated carbocycles. The van der Waals surface area contributed by atoms with Crippen molar-refractivity contribution in [3.05, 3.63) is 53.0 Å². The lowest BCUT2D eigenvalue weighted by molar-refractivity contribution is -0.136. The number of carboxylic acids is 1. The van der Waals surface area contributed by atoms with E-state index in [1.807, 2.05) is 18.2 Å². The van der Waals surface area contributed by atoms with Gasteiger partial charge in [0.2, 0.25) is 0 Å². The molecule has 98 valence electrons. The van der Waals surface area contributed by atoms with Crippen LogP contribution in [0.25, 0.3) is 6.08 Å². The van der Waals surface area contributed by atoms with Gasteiger partial charge in [0, 0.05) is 11.1 Å². The van der Waals surface area contributed by atoms with Gasteiger partial charge in [-0.15, -0.1) is 11.3 Å². The highest BCUT2D eigenvalue weighted by Gasteiger charge is 2.05. The number of benzene rings is 1. The summed E-state index contributed by atoms with van der Waals surface area (Å²) < 4.78 is 0.911. The number of hydrogen-bond donors (Lipinski definition) is 1. The number of rotatable bonds is 6. The van der Waals surface area contributed by atoms with E-state index in [-0.39, 0.29) is 6.42 Å². The molecule has 0 aliphatic heterocycles. The monoisotopic (exact) mass is 291 g/mol. The molecular formula is C14H13NO2S2. The van der Waals surface area contributed by atoms with Gasteiger partial charge in [-0.25, -0.2) is 4.98 Å². The first-order valence-electron chi connectivity index (χ1n) is 5.74. The molecule has 0 fully saturated rings. The molecule has 0 bridgehead atoms. The quantitative estimate of drug-likeness (QED) is 0.827. The first kappa shape index (κ1) is 13.8. The van der Waals surface area contributed by atoms with Crippen molar-refractivity contribution in [1.82, 2.24) is 4.98 Å². The van der Waals surface area contributed by atoms with Gasteiger partial charge in [-0.3, -0.25) is 4.79 Å². The Morgan fingerprint density at radius 3 is 2.89 bits per heavy atom. The number of nitrogens with zero attached hydrogens (tertiary/aromatic N) is 1. The molecule has 0 amide bonds. The zero-order chi connectivity index (χ0) is 13.5. The van der Waals surface area contributed by atoms with Crippen molar-refractivity contribution in [3.63, 3.8) is 0 Å². The third-order valence-corrected chi connectivity index (χ3v) is 4.30. The van der Waals surface area contributed by atoms with Crippen LogP contribution in [-0.4, -0.2) is 21.8 Å². The summed E-state index contributed by atoms with van der Waals surface area (Å²) in [6.45, 7) is 0. The molecule has 0 aliphatic rings. The minimum absolute atomic E-state index is 0.00306. The smallest absolute Gasteiger partial charge is 0.309 e. The van der Waals surface area contributed by atoms with Gasteiger partial charge < -0.3 is 5.11 Å². The SMILES string of the molecule is O=C(O)Cc1csc(SC/C=C\c2ccccc2)n1. The number of carboxylic acid groups (broad SMARTS) is 1. The van der Waals surface area contributed by atoms with Crippen LogP contribution in [0.15, 0.2) is 46.1 Å². The Balaban J connectivity index is 1.81. The van der Waals surface area contributed by atoms with Crippen molar-refractivity contribution in [3.8, 4) is 0 Å². The molecule has 19 heavy (non-hydrogen) atoms. The van der Waals surface area contributed by atoms with Gasteiger partial charge in [0.05, 0.1) is 12.1 Å². The summed E-state index contributed by atoms with van der Waals surface area (Å²) in [4.78, 5) is 14.8. The van der Waals surface area contributed by atoms with Crippen LogP contribution in [0.3, 0.4) is 0 Å². The standard InChI is InChI=1S/C14H13NO2S2/c16-13(17)9-12-10-19-14(15-12)18-8-4-7-11-5-2-1-3-6-11/h1-7,10H,8-9H2,(H,16,17)/b7-4-. The summed E-state index contributed by atoms with van der Waals surface area (Å²) in [5.41, 5.74) is 1.81. The Hall–Kier alpha value is -1.59. The second kappa shape index (κ2) is 7.11. The lowest BCUT2D eigenvalue weighted by Crippen LogP contribution is -1.99. The molecule has 0 aliphatic carbocycles. The molecule has 0 unspecified atom stereocenters. The van der Waals surface area contributed by atoms with E-state index >= 15 is 0 Å². The Morgan fingerprint density at radius 1 is 1.37 bits per heavy atom. The molecule has 1 N–H and O–H groups in total. The highest BCUT2D eigenvalue weighted by molar-refractivity contribution is 8.01. The first-order chi connectivity index (χ1) is 9.24. The maximum Gasteiger partial charge on any atom is 0.309 e. The second-order valence-electron chi connectivity index (χ2n) is 3.80. The summed E-state index contributed by atoms with van der Waals surface area (Å²) in [6, 6.07) is 10.1. The Morgan fingerprint density at radius 2 is 2.16 bits per heavy atom. The van der Waals surface area contributed by atoms with Crippen molar-refractivity contribution >= 4 is 35.1 Å². The average molecular weight is 291 g/mol. The summed E-state index contributed by atoms with van der Waals surface area (Å²) in [5, 5.41) is 10.5. The number of hydrogen-bond acceptors (Lipinski definition) is 4. The number of aromatic nitrogens is 1. The lowest BCUT2D eigenvalue weighted by atomic mass is 10.2. The van der Waals surface area contributed by atoms with E-state index in [1.165, 1.54) is 16.9 Å². The molecule has 5 heteroatoms. The molecule has 0 spiro atoms. The Kier molecular flexibility index (Phi) is 5.18. The summed E-state index contributed by atoms with van der Waals surface area (Å²) in [5.74, 6) is -0.0135. The molecule has 1 heterocycles. The zero-order valence-corrected chi connectivity index (χ0v) is 11.8. The molecule has 0 radical (unpaired) electrons. The predicted octanol–water partition coefficient (Wildman–Crippen LogP) is 3.58. The van der Waals surface area contributed by atoms with Gasteiger partial charge in [-0.1, -0.05) is 54.2 Å². The minimum atomic E-state index is -0.842. The van der Waals surface area contributed by atoms with Gasteiger partial charge in [0.15, 0.2) is 0 Å². The van der Waals surface area contributed by atoms with Crippen molar-refractivity contribution in [2.24, 2.45) is 0 Å². The van der Waals surface area contributed by atoms with E-state index in [0.29, 0.717) is 5.69 Å². The van der Waals surface area contributed by atoms with Crippen molar-refractivity contribution in [2.45, 2.75) is 10.8 Å². The normalized spacial score (nSPS) is 10.9. The average Bonchev–Trinajstić information content (AvgIpc) is 2.83. The molecule has 3 nitrogen and oxygen atoms in total. The maximum atomic E-state index is 10.5. The van der Waals surface area contributed by atoms with Crippen LogP contribution in [-0.2, 0) is 11.2 Å². The maximum absolute atomic E-state index is 10.5. The third-order valence-electron chi connectivity index (χ3n) is 2.28. The largest absolute Gasteiger partial charge is 0.481 e. The predicted molar refractivity (Wildman–Crippen MR) is 79.7 cm³/mol. The van der Waals surface area contributed by atoms with Crippen LogP contribution < -0.4 is 0 Å². The van der Waals surface area contributed by atoms with E-state index in [4.69, 9.17) is 5.11 Å². The number of thiazole rings is 1. The first-order valence-corrected chi connectivity index (χ1v) is 7.61. The Labute approximate surface area is 120 Å². The Bertz CT molecular complexity index is 564. The van der Waals surface area contributed by atoms with Crippen LogP contribution in [0.1, 0.15) is 11.3 Å². The molecular weight excluding hydrogens is 278 g/mol. The van der Waals surface area contributed by atoms with Crippen LogP contribution in [0, 0.1) is 0 Å². The van der Waals surface area contributed by atoms with Gasteiger partial charge in [0.25, 0.3) is 0 Å². The fourth-order valence-electron chi connectivity index (χ4n) is 1.46. The summed E-state index contributed by atoms with van der Waals surface area (Å²) >= 11 is 3.11. The van der Waals surface area contributed by atoms with E-state index < -0.39 is 5.97 Å². The van der Waals surface area contributed by atoms with Crippen molar-refractivity contribution in [1.29, 1.82) is 0 Å². The molecule has 2 aromatic rings. The lowest BCUT2D eigenvalue weighted by Gasteiger charge is -1.92. The fraction of sp³-hybridized carbons (Fsp3) is 0.143. The highest BCUT2D eigenvalue weighted by Crippen LogP contribution is 2.23. The van der Waals surface area contributed by atoms with Crippen molar-refractivity contribution < 1.29 is 9.90 Å². The summed E-state index contributed by atoms with van der Waals surface area (Å²) in [6.07, 6.45) is 4.15. The van der Waals surface area contributed by atoms with Gasteiger partial charge in [-0.2, -0.15) is 0 Å². The van der Waals surface area contributed by atoms with Crippen LogP contribution in [0.5, 0.6) is 0 Å². The van der Waals surface area contributed by atoms with E-state index in [0.717, 1.165) is 10.1 Å². The number of carbonyl (C=O) groups is 1. The highest BCUT2D eigenvalue weighted by atomic mass is 32.2. The van der Waals surface area contributed by atoms with E-state index in [1.54, 1.807) is 17.1 Å². The van der Waals surface area contributed by atoms with Crippen molar-refractivity contribution in [2.75, 3.05) is 5.75 Å². The van der Waals surface area contributed by atoms with Crippen LogP contribution in [0.4, 0.5) is 0 Å². The fourth-order valence-corrected chi connectivity index (χ4v) is 3.14. The second-order valence-corrected chi connectivity index (χ2v) is 5.92. The van der Waals surface area contributed by atoms with Crippen LogP contribution >= 0.6 is 23.1 Å². The molecule has 1 aromatic heterocycles. The molecule has 0 atom stereocenters. The zero-order valence-electron chi connectivity index (χ0n) is 10.2. The van der Waals surface area contributed by atoms with Gasteiger partial charge in [-0.05, 0) is 5.56 Å². The minimum Gasteiger partial charge on any atom is -0.481 e. The van der Waals surface area contributed by atoms with Crippen LogP contribution in [0.2, 0.25) is 0 Å². The molecule has 0 saturated heterocycles. The molecule has 1 aromatic carbocycles. The summed E-state index contributed by atoms with van der Waals surface area (Å²) in [7, 11) is 0.